The quantitative estimate of drug-likeness (QED) is 0.477. The predicted octanol–water partition coefficient (Wildman–Crippen LogP) is 1.98. The van der Waals surface area contributed by atoms with Crippen LogP contribution in [0.1, 0.15) is 46.0 Å². The summed E-state index contributed by atoms with van der Waals surface area (Å²) >= 11 is 0. The number of unbranched alkanes of at least 4 members (excludes halogenated alkanes) is 1. The monoisotopic (exact) mass is 212 g/mol. The van der Waals surface area contributed by atoms with E-state index < -0.39 is 0 Å². The van der Waals surface area contributed by atoms with E-state index in [0.29, 0.717) is 13.0 Å². The van der Waals surface area contributed by atoms with Crippen LogP contribution in [0.5, 0.6) is 0 Å². The van der Waals surface area contributed by atoms with Crippen molar-refractivity contribution in [3.05, 3.63) is 12.7 Å². The van der Waals surface area contributed by atoms with Gasteiger partial charge in [0.15, 0.2) is 0 Å². The molecule has 3 heteroatoms. The molecule has 0 saturated carbocycles. The van der Waals surface area contributed by atoms with Gasteiger partial charge < -0.3 is 11.1 Å². The van der Waals surface area contributed by atoms with Gasteiger partial charge >= 0.3 is 0 Å². The van der Waals surface area contributed by atoms with Gasteiger partial charge in [-0.1, -0.05) is 19.9 Å². The number of hydrogen-bond donors (Lipinski definition) is 2. The molecule has 15 heavy (non-hydrogen) atoms. The average molecular weight is 212 g/mol. The van der Waals surface area contributed by atoms with Gasteiger partial charge in [0.05, 0.1) is 5.54 Å². The fraction of sp³-hybridized carbons (Fsp3) is 0.750. The number of amides is 1. The van der Waals surface area contributed by atoms with Gasteiger partial charge in [-0.05, 0) is 25.7 Å². The van der Waals surface area contributed by atoms with Crippen LogP contribution in [0.2, 0.25) is 0 Å². The SMILES string of the molecule is C=CCCCC(=O)NC(CC)(CC)CN. The van der Waals surface area contributed by atoms with Crippen LogP contribution in [0.25, 0.3) is 0 Å². The predicted molar refractivity (Wildman–Crippen MR) is 64.6 cm³/mol. The van der Waals surface area contributed by atoms with Crippen molar-refractivity contribution in [1.29, 1.82) is 0 Å². The molecule has 3 nitrogen and oxygen atoms in total. The van der Waals surface area contributed by atoms with E-state index in [-0.39, 0.29) is 11.4 Å². The Hall–Kier alpha value is -0.830. The largest absolute Gasteiger partial charge is 0.349 e. The number of nitrogens with one attached hydrogen (secondary N) is 1. The normalized spacial score (nSPS) is 11.1. The molecule has 88 valence electrons. The van der Waals surface area contributed by atoms with E-state index in [1.807, 2.05) is 6.08 Å². The molecule has 0 unspecified atom stereocenters. The van der Waals surface area contributed by atoms with E-state index in [1.54, 1.807) is 0 Å². The highest BCUT2D eigenvalue weighted by atomic mass is 16.1. The van der Waals surface area contributed by atoms with Crippen molar-refractivity contribution in [3.63, 3.8) is 0 Å². The number of carbonyl (C=O) groups is 1. The van der Waals surface area contributed by atoms with Crippen LogP contribution in [0.15, 0.2) is 12.7 Å². The Morgan fingerprint density at radius 2 is 2.07 bits per heavy atom. The molecule has 0 radical (unpaired) electrons. The summed E-state index contributed by atoms with van der Waals surface area (Å²) in [6.45, 7) is 8.25. The lowest BCUT2D eigenvalue weighted by molar-refractivity contribution is -0.123. The number of nitrogens with two attached hydrogens (primary N) is 1. The second kappa shape index (κ2) is 7.46. The van der Waals surface area contributed by atoms with E-state index in [4.69, 9.17) is 5.73 Å². The number of carbonyl (C=O) groups excluding carboxylic acids is 1. The Morgan fingerprint density at radius 1 is 1.47 bits per heavy atom. The molecule has 0 aromatic rings. The number of rotatable bonds is 8. The fourth-order valence-electron chi connectivity index (χ4n) is 1.53. The van der Waals surface area contributed by atoms with E-state index in [1.165, 1.54) is 0 Å². The van der Waals surface area contributed by atoms with E-state index >= 15 is 0 Å². The average Bonchev–Trinajstić information content (AvgIpc) is 2.26. The molecule has 0 fully saturated rings. The Balaban J connectivity index is 4.05. The zero-order valence-electron chi connectivity index (χ0n) is 10.0. The minimum absolute atomic E-state index is 0.103. The Morgan fingerprint density at radius 3 is 2.47 bits per heavy atom. The molecule has 0 aliphatic rings. The van der Waals surface area contributed by atoms with Crippen LogP contribution in [0.3, 0.4) is 0 Å². The van der Waals surface area contributed by atoms with Crippen LogP contribution in [0.4, 0.5) is 0 Å². The van der Waals surface area contributed by atoms with Gasteiger partial charge in [0.2, 0.25) is 5.91 Å². The smallest absolute Gasteiger partial charge is 0.220 e. The van der Waals surface area contributed by atoms with Gasteiger partial charge in [-0.2, -0.15) is 0 Å². The molecule has 0 heterocycles. The molecule has 0 saturated heterocycles. The maximum absolute atomic E-state index is 11.6. The summed E-state index contributed by atoms with van der Waals surface area (Å²) in [6, 6.07) is 0. The first-order chi connectivity index (χ1) is 7.14. The lowest BCUT2D eigenvalue weighted by Gasteiger charge is -2.31. The minimum Gasteiger partial charge on any atom is -0.349 e. The first-order valence-corrected chi connectivity index (χ1v) is 5.76. The maximum atomic E-state index is 11.6. The zero-order valence-corrected chi connectivity index (χ0v) is 10.0. The summed E-state index contributed by atoms with van der Waals surface area (Å²) < 4.78 is 0. The van der Waals surface area contributed by atoms with E-state index in [9.17, 15) is 4.79 Å². The topological polar surface area (TPSA) is 55.1 Å². The van der Waals surface area contributed by atoms with Gasteiger partial charge in [0.25, 0.3) is 0 Å². The van der Waals surface area contributed by atoms with Crippen LogP contribution in [0, 0.1) is 0 Å². The molecule has 3 N–H and O–H groups in total. The van der Waals surface area contributed by atoms with Crippen molar-refractivity contribution in [2.45, 2.75) is 51.5 Å². The Bertz CT molecular complexity index is 190. The highest BCUT2D eigenvalue weighted by Gasteiger charge is 2.25. The number of allylic oxidation sites excluding steroid dienone is 1. The molecular formula is C12H24N2O. The summed E-state index contributed by atoms with van der Waals surface area (Å²) in [5.41, 5.74) is 5.50. The standard InChI is InChI=1S/C12H24N2O/c1-4-7-8-9-11(15)14-12(5-2,6-3)10-13/h4H,1,5-10,13H2,2-3H3,(H,14,15). The van der Waals surface area contributed by atoms with Crippen molar-refractivity contribution in [1.82, 2.24) is 5.32 Å². The molecule has 0 rings (SSSR count). The van der Waals surface area contributed by atoms with Gasteiger partial charge in [-0.25, -0.2) is 0 Å². The summed E-state index contributed by atoms with van der Waals surface area (Å²) in [7, 11) is 0. The number of hydrogen-bond acceptors (Lipinski definition) is 2. The van der Waals surface area contributed by atoms with Gasteiger partial charge in [-0.3, -0.25) is 4.79 Å². The minimum atomic E-state index is -0.203. The molecule has 0 aromatic carbocycles. The highest BCUT2D eigenvalue weighted by Crippen LogP contribution is 2.13. The lowest BCUT2D eigenvalue weighted by atomic mass is 9.92. The van der Waals surface area contributed by atoms with Crippen molar-refractivity contribution < 1.29 is 4.79 Å². The van der Waals surface area contributed by atoms with Crippen LogP contribution in [-0.4, -0.2) is 18.0 Å². The van der Waals surface area contributed by atoms with E-state index in [0.717, 1.165) is 25.7 Å². The third-order valence-corrected chi connectivity index (χ3v) is 2.96. The van der Waals surface area contributed by atoms with Crippen molar-refractivity contribution in [2.75, 3.05) is 6.54 Å². The van der Waals surface area contributed by atoms with E-state index in [2.05, 4.69) is 25.7 Å². The summed E-state index contributed by atoms with van der Waals surface area (Å²) in [5.74, 6) is 0.103. The highest BCUT2D eigenvalue weighted by molar-refractivity contribution is 5.76. The summed E-state index contributed by atoms with van der Waals surface area (Å²) in [4.78, 5) is 11.6. The van der Waals surface area contributed by atoms with Crippen LogP contribution >= 0.6 is 0 Å². The summed E-state index contributed by atoms with van der Waals surface area (Å²) in [5, 5.41) is 3.04. The fourth-order valence-corrected chi connectivity index (χ4v) is 1.53. The van der Waals surface area contributed by atoms with Crippen molar-refractivity contribution in [2.24, 2.45) is 5.73 Å². The molecule has 0 spiro atoms. The van der Waals surface area contributed by atoms with Gasteiger partial charge in [-0.15, -0.1) is 6.58 Å². The first kappa shape index (κ1) is 14.2. The molecule has 0 bridgehead atoms. The Kier molecular flexibility index (Phi) is 7.05. The first-order valence-electron chi connectivity index (χ1n) is 5.76. The van der Waals surface area contributed by atoms with Crippen molar-refractivity contribution in [3.8, 4) is 0 Å². The molecule has 0 aliphatic carbocycles. The lowest BCUT2D eigenvalue weighted by Crippen LogP contribution is -2.52. The van der Waals surface area contributed by atoms with Crippen LogP contribution < -0.4 is 11.1 Å². The molecule has 0 aliphatic heterocycles. The van der Waals surface area contributed by atoms with Crippen LogP contribution in [-0.2, 0) is 4.79 Å². The molecular weight excluding hydrogens is 188 g/mol. The third kappa shape index (κ3) is 4.98. The molecule has 0 aromatic heterocycles. The molecule has 1 amide bonds. The third-order valence-electron chi connectivity index (χ3n) is 2.96. The summed E-state index contributed by atoms with van der Waals surface area (Å²) in [6.07, 6.45) is 5.92. The second-order valence-electron chi connectivity index (χ2n) is 3.92. The Labute approximate surface area is 93.1 Å². The van der Waals surface area contributed by atoms with Gasteiger partial charge in [0, 0.05) is 13.0 Å². The second-order valence-corrected chi connectivity index (χ2v) is 3.92. The van der Waals surface area contributed by atoms with Gasteiger partial charge in [0.1, 0.15) is 0 Å². The maximum Gasteiger partial charge on any atom is 0.220 e. The molecule has 0 atom stereocenters. The van der Waals surface area contributed by atoms with Crippen molar-refractivity contribution >= 4 is 5.91 Å². The zero-order chi connectivity index (χ0) is 11.7.